The monoisotopic (exact) mass is 544 g/mol. The number of carbonyl (C=O) groups excluding carboxylic acids is 2. The molecule has 1 aliphatic heterocycles. The highest BCUT2D eigenvalue weighted by atomic mass is 16.5. The first kappa shape index (κ1) is 27.4. The van der Waals surface area contributed by atoms with Crippen molar-refractivity contribution in [2.24, 2.45) is 0 Å². The number of carbonyl (C=O) groups is 3. The van der Waals surface area contributed by atoms with E-state index in [1.165, 1.54) is 0 Å². The van der Waals surface area contributed by atoms with Gasteiger partial charge in [-0.3, -0.25) is 4.79 Å². The van der Waals surface area contributed by atoms with Crippen molar-refractivity contribution in [1.29, 1.82) is 0 Å². The molecule has 1 aliphatic carbocycles. The molecule has 0 bridgehead atoms. The normalized spacial score (nSPS) is 19.4. The number of rotatable bonds is 9. The molecule has 4 atom stereocenters. The third kappa shape index (κ3) is 5.71. The minimum Gasteiger partial charge on any atom is -0.480 e. The summed E-state index contributed by atoms with van der Waals surface area (Å²) in [6.45, 7) is 1.73. The van der Waals surface area contributed by atoms with Crippen molar-refractivity contribution in [3.63, 3.8) is 0 Å². The summed E-state index contributed by atoms with van der Waals surface area (Å²) < 4.78 is 11.6. The van der Waals surface area contributed by atoms with Gasteiger partial charge < -0.3 is 29.9 Å². The molecular weight excluding hydrogens is 512 g/mol. The van der Waals surface area contributed by atoms with E-state index >= 15 is 0 Å². The Morgan fingerprint density at radius 3 is 2.17 bits per heavy atom. The Bertz CT molecular complexity index is 1330. The summed E-state index contributed by atoms with van der Waals surface area (Å²) in [5.41, 5.74) is 5.17. The molecule has 3 aromatic rings. The second kappa shape index (κ2) is 11.9. The van der Waals surface area contributed by atoms with Gasteiger partial charge in [0.2, 0.25) is 5.91 Å². The molecule has 2 amide bonds. The first-order valence-corrected chi connectivity index (χ1v) is 13.3. The summed E-state index contributed by atoms with van der Waals surface area (Å²) in [7, 11) is 0. The van der Waals surface area contributed by atoms with E-state index in [1.54, 1.807) is 6.92 Å². The third-order valence-corrected chi connectivity index (χ3v) is 7.56. The summed E-state index contributed by atoms with van der Waals surface area (Å²) in [5, 5.41) is 22.3. The van der Waals surface area contributed by atoms with Crippen molar-refractivity contribution in [3.8, 4) is 11.1 Å². The van der Waals surface area contributed by atoms with Gasteiger partial charge in [0.1, 0.15) is 18.7 Å². The molecule has 0 aromatic heterocycles. The third-order valence-electron chi connectivity index (χ3n) is 7.56. The smallest absolute Gasteiger partial charge is 0.407 e. The number of benzene rings is 3. The number of alkyl carbamates (subject to hydrolysis) is 1. The molecule has 1 fully saturated rings. The van der Waals surface area contributed by atoms with Crippen molar-refractivity contribution in [2.75, 3.05) is 13.2 Å². The van der Waals surface area contributed by atoms with E-state index in [0.717, 1.165) is 32.7 Å². The van der Waals surface area contributed by atoms with E-state index in [9.17, 15) is 24.6 Å². The molecule has 3 aromatic carbocycles. The quantitative estimate of drug-likeness (QED) is 0.376. The summed E-state index contributed by atoms with van der Waals surface area (Å²) >= 11 is 0. The fourth-order valence-corrected chi connectivity index (χ4v) is 5.52. The maximum absolute atomic E-state index is 13.6. The largest absolute Gasteiger partial charge is 0.480 e. The van der Waals surface area contributed by atoms with Gasteiger partial charge in [0.15, 0.2) is 0 Å². The van der Waals surface area contributed by atoms with Crippen molar-refractivity contribution in [1.82, 2.24) is 10.2 Å². The predicted molar refractivity (Wildman–Crippen MR) is 146 cm³/mol. The second-order valence-electron chi connectivity index (χ2n) is 10.2. The molecule has 2 aliphatic rings. The van der Waals surface area contributed by atoms with Gasteiger partial charge in [-0.1, -0.05) is 78.9 Å². The molecule has 1 heterocycles. The Kier molecular flexibility index (Phi) is 8.14. The number of nitrogens with zero attached hydrogens (tertiary/aromatic N) is 1. The number of hydrogen-bond donors (Lipinski definition) is 3. The Labute approximate surface area is 232 Å². The summed E-state index contributed by atoms with van der Waals surface area (Å²) in [6.07, 6.45) is -2.69. The molecular formula is C31H32N2O7. The van der Waals surface area contributed by atoms with E-state index in [-0.39, 0.29) is 32.1 Å². The van der Waals surface area contributed by atoms with E-state index in [2.05, 4.69) is 5.32 Å². The van der Waals surface area contributed by atoms with Gasteiger partial charge in [-0.25, -0.2) is 9.59 Å². The minimum absolute atomic E-state index is 0.0558. The molecule has 40 heavy (non-hydrogen) atoms. The van der Waals surface area contributed by atoms with E-state index < -0.39 is 42.3 Å². The van der Waals surface area contributed by atoms with Gasteiger partial charge in [-0.05, 0) is 34.7 Å². The fourth-order valence-electron chi connectivity index (χ4n) is 5.52. The van der Waals surface area contributed by atoms with E-state index in [0.29, 0.717) is 0 Å². The van der Waals surface area contributed by atoms with Crippen LogP contribution < -0.4 is 5.32 Å². The first-order valence-electron chi connectivity index (χ1n) is 13.3. The fraction of sp³-hybridized carbons (Fsp3) is 0.323. The van der Waals surface area contributed by atoms with Crippen LogP contribution in [0.25, 0.3) is 11.1 Å². The maximum atomic E-state index is 13.6. The zero-order valence-corrected chi connectivity index (χ0v) is 22.1. The molecule has 9 heteroatoms. The molecule has 0 saturated carbocycles. The van der Waals surface area contributed by atoms with Gasteiger partial charge in [0.25, 0.3) is 0 Å². The highest BCUT2D eigenvalue weighted by molar-refractivity contribution is 5.90. The maximum Gasteiger partial charge on any atom is 0.407 e. The van der Waals surface area contributed by atoms with Gasteiger partial charge in [0.05, 0.1) is 18.8 Å². The average molecular weight is 545 g/mol. The molecule has 0 spiro atoms. The standard InChI is InChI=1S/C31H32N2O7/c1-19(39-17-20-9-3-2-4-10-20)28(29(35)33-16-21(34)15-27(33)30(36)37)32-31(38)40-18-26-24-13-7-5-11-22(24)23-12-6-8-14-25(23)26/h2-14,19,21,26-28,34H,15-18H2,1H3,(H,32,38)(H,36,37)/t19-,21+,27-,28+/m0/s1. The SMILES string of the molecule is C[C@H](OCc1ccccc1)[C@@H](NC(=O)OCC1c2ccccc2-c2ccccc21)C(=O)N1C[C@H](O)C[C@H]1C(=O)O. The number of ether oxygens (including phenoxy) is 2. The van der Waals surface area contributed by atoms with Gasteiger partial charge in [-0.2, -0.15) is 0 Å². The van der Waals surface area contributed by atoms with Crippen LogP contribution in [-0.4, -0.2) is 70.5 Å². The average Bonchev–Trinajstić information content (AvgIpc) is 3.52. The number of β-amino-alcohol motifs (C(OH)–C–C–N with tert-alkyl or cyclic N) is 1. The highest BCUT2D eigenvalue weighted by Gasteiger charge is 2.43. The number of fused-ring (bicyclic) bond motifs is 3. The number of aliphatic hydroxyl groups is 1. The molecule has 0 unspecified atom stereocenters. The van der Waals surface area contributed by atoms with E-state index in [1.807, 2.05) is 78.9 Å². The van der Waals surface area contributed by atoms with Crippen molar-refractivity contribution in [3.05, 3.63) is 95.6 Å². The summed E-state index contributed by atoms with van der Waals surface area (Å²) in [5.74, 6) is -2.04. The van der Waals surface area contributed by atoms with Gasteiger partial charge in [-0.15, -0.1) is 0 Å². The van der Waals surface area contributed by atoms with Crippen LogP contribution >= 0.6 is 0 Å². The van der Waals surface area contributed by atoms with Crippen LogP contribution in [0, 0.1) is 0 Å². The Hall–Kier alpha value is -4.21. The molecule has 208 valence electrons. The molecule has 1 saturated heterocycles. The first-order chi connectivity index (χ1) is 19.3. The Balaban J connectivity index is 1.31. The number of carboxylic acid groups (broad SMARTS) is 1. The van der Waals surface area contributed by atoms with Crippen LogP contribution in [0.1, 0.15) is 36.0 Å². The second-order valence-corrected chi connectivity index (χ2v) is 10.2. The zero-order chi connectivity index (χ0) is 28.2. The lowest BCUT2D eigenvalue weighted by Gasteiger charge is -2.30. The van der Waals surface area contributed by atoms with Crippen LogP contribution in [-0.2, 0) is 25.7 Å². The molecule has 9 nitrogen and oxygen atoms in total. The topological polar surface area (TPSA) is 125 Å². The van der Waals surface area contributed by atoms with Crippen LogP contribution in [0.4, 0.5) is 4.79 Å². The minimum atomic E-state index is -1.23. The number of aliphatic carboxylic acids is 1. The van der Waals surface area contributed by atoms with Crippen LogP contribution in [0.5, 0.6) is 0 Å². The summed E-state index contributed by atoms with van der Waals surface area (Å²) in [6, 6.07) is 22.9. The number of aliphatic hydroxyl groups excluding tert-OH is 1. The van der Waals surface area contributed by atoms with E-state index in [4.69, 9.17) is 9.47 Å². The molecule has 0 radical (unpaired) electrons. The lowest BCUT2D eigenvalue weighted by molar-refractivity contribution is -0.150. The Morgan fingerprint density at radius 1 is 0.950 bits per heavy atom. The number of nitrogens with one attached hydrogen (secondary N) is 1. The number of amides is 2. The lowest BCUT2D eigenvalue weighted by Crippen LogP contribution is -2.56. The number of carboxylic acids is 1. The molecule has 5 rings (SSSR count). The van der Waals surface area contributed by atoms with Gasteiger partial charge >= 0.3 is 12.1 Å². The Morgan fingerprint density at radius 2 is 1.55 bits per heavy atom. The van der Waals surface area contributed by atoms with Crippen LogP contribution in [0.15, 0.2) is 78.9 Å². The van der Waals surface area contributed by atoms with Crippen molar-refractivity contribution in [2.45, 2.75) is 50.2 Å². The van der Waals surface area contributed by atoms with Crippen molar-refractivity contribution >= 4 is 18.0 Å². The number of hydrogen-bond acceptors (Lipinski definition) is 6. The molecule has 3 N–H and O–H groups in total. The highest BCUT2D eigenvalue weighted by Crippen LogP contribution is 2.44. The lowest BCUT2D eigenvalue weighted by atomic mass is 9.98. The zero-order valence-electron chi connectivity index (χ0n) is 22.1. The van der Waals surface area contributed by atoms with Crippen molar-refractivity contribution < 1.29 is 34.1 Å². The van der Waals surface area contributed by atoms with Crippen LogP contribution in [0.2, 0.25) is 0 Å². The number of likely N-dealkylation sites (tertiary alicyclic amines) is 1. The summed E-state index contributed by atoms with van der Waals surface area (Å²) in [4.78, 5) is 39.5. The predicted octanol–water partition coefficient (Wildman–Crippen LogP) is 3.55. The van der Waals surface area contributed by atoms with Gasteiger partial charge in [0, 0.05) is 18.9 Å². The van der Waals surface area contributed by atoms with Crippen LogP contribution in [0.3, 0.4) is 0 Å².